The van der Waals surface area contributed by atoms with E-state index in [1.165, 1.54) is 22.5 Å². The summed E-state index contributed by atoms with van der Waals surface area (Å²) in [4.78, 5) is 17.1. The summed E-state index contributed by atoms with van der Waals surface area (Å²) in [6.45, 7) is 5.66. The van der Waals surface area contributed by atoms with E-state index in [9.17, 15) is 4.79 Å². The van der Waals surface area contributed by atoms with Crippen molar-refractivity contribution in [2.24, 2.45) is 0 Å². The minimum atomic E-state index is -0.171. The molecule has 2 aromatic heterocycles. The number of amides is 1. The summed E-state index contributed by atoms with van der Waals surface area (Å²) in [6.07, 6.45) is 2.53. The van der Waals surface area contributed by atoms with Crippen LogP contribution in [0.2, 0.25) is 0 Å². The van der Waals surface area contributed by atoms with Gasteiger partial charge < -0.3 is 5.32 Å². The van der Waals surface area contributed by atoms with Gasteiger partial charge in [-0.3, -0.25) is 15.1 Å². The number of aromatic nitrogens is 3. The molecule has 7 heteroatoms. The first-order valence-electron chi connectivity index (χ1n) is 8.51. The standard InChI is InChI=1S/C19H19N5OS/c1-11-7-12(2)9-13(8-11)18-23-24-19(26-18)22-17(25)14-3-6-21-16-4-5-20-10-15(14)16/h3,6-9,20H,4-5,10H2,1-2H3,(H,22,24,25). The highest BCUT2D eigenvalue weighted by Gasteiger charge is 2.19. The molecular weight excluding hydrogens is 346 g/mol. The zero-order chi connectivity index (χ0) is 18.1. The first kappa shape index (κ1) is 16.8. The number of carbonyl (C=O) groups excluding carboxylic acids is 1. The second-order valence-electron chi connectivity index (χ2n) is 6.45. The van der Waals surface area contributed by atoms with Crippen molar-refractivity contribution in [2.45, 2.75) is 26.8 Å². The minimum Gasteiger partial charge on any atom is -0.312 e. The Kier molecular flexibility index (Phi) is 4.48. The number of pyridine rings is 1. The van der Waals surface area contributed by atoms with E-state index in [2.05, 4.69) is 57.9 Å². The quantitative estimate of drug-likeness (QED) is 0.745. The maximum atomic E-state index is 12.7. The van der Waals surface area contributed by atoms with Crippen molar-refractivity contribution in [1.82, 2.24) is 20.5 Å². The molecule has 0 fully saturated rings. The van der Waals surface area contributed by atoms with Crippen molar-refractivity contribution >= 4 is 22.4 Å². The summed E-state index contributed by atoms with van der Waals surface area (Å²) in [5.74, 6) is -0.171. The normalized spacial score (nSPS) is 13.3. The van der Waals surface area contributed by atoms with Crippen molar-refractivity contribution < 1.29 is 4.79 Å². The van der Waals surface area contributed by atoms with Gasteiger partial charge in [-0.15, -0.1) is 10.2 Å². The van der Waals surface area contributed by atoms with Crippen LogP contribution in [0.5, 0.6) is 0 Å². The van der Waals surface area contributed by atoms with Crippen LogP contribution in [-0.4, -0.2) is 27.6 Å². The van der Waals surface area contributed by atoms with Gasteiger partial charge in [0.05, 0.1) is 0 Å². The lowest BCUT2D eigenvalue weighted by atomic mass is 10.0. The summed E-state index contributed by atoms with van der Waals surface area (Å²) >= 11 is 1.38. The molecule has 0 atom stereocenters. The van der Waals surface area contributed by atoms with E-state index in [-0.39, 0.29) is 5.91 Å². The lowest BCUT2D eigenvalue weighted by molar-refractivity contribution is 0.102. The van der Waals surface area contributed by atoms with Crippen molar-refractivity contribution in [1.29, 1.82) is 0 Å². The SMILES string of the molecule is Cc1cc(C)cc(-c2nnc(NC(=O)c3ccnc4c3CNCC4)s2)c1. The fourth-order valence-electron chi connectivity index (χ4n) is 3.23. The van der Waals surface area contributed by atoms with Crippen LogP contribution < -0.4 is 10.6 Å². The smallest absolute Gasteiger partial charge is 0.257 e. The molecule has 1 aliphatic rings. The maximum absolute atomic E-state index is 12.7. The molecule has 0 aliphatic carbocycles. The maximum Gasteiger partial charge on any atom is 0.257 e. The average Bonchev–Trinajstić information content (AvgIpc) is 3.09. The van der Waals surface area contributed by atoms with Crippen molar-refractivity contribution in [3.05, 3.63) is 58.4 Å². The van der Waals surface area contributed by atoms with Crippen molar-refractivity contribution in [2.75, 3.05) is 11.9 Å². The van der Waals surface area contributed by atoms with E-state index in [0.717, 1.165) is 34.8 Å². The number of fused-ring (bicyclic) bond motifs is 1. The number of aryl methyl sites for hydroxylation is 2. The number of carbonyl (C=O) groups is 1. The van der Waals surface area contributed by atoms with Crippen LogP contribution in [0.15, 0.2) is 30.5 Å². The van der Waals surface area contributed by atoms with Gasteiger partial charge in [-0.1, -0.05) is 28.5 Å². The third-order valence-electron chi connectivity index (χ3n) is 4.34. The highest BCUT2D eigenvalue weighted by atomic mass is 32.1. The Labute approximate surface area is 155 Å². The van der Waals surface area contributed by atoms with E-state index < -0.39 is 0 Å². The van der Waals surface area contributed by atoms with Crippen molar-refractivity contribution in [3.63, 3.8) is 0 Å². The summed E-state index contributed by atoms with van der Waals surface area (Å²) in [6, 6.07) is 8.02. The Morgan fingerprint density at radius 1 is 1.19 bits per heavy atom. The number of rotatable bonds is 3. The number of hydrogen-bond acceptors (Lipinski definition) is 6. The van der Waals surface area contributed by atoms with Gasteiger partial charge in [-0.25, -0.2) is 0 Å². The van der Waals surface area contributed by atoms with Crippen LogP contribution in [0.3, 0.4) is 0 Å². The van der Waals surface area contributed by atoms with Gasteiger partial charge in [0.25, 0.3) is 5.91 Å². The first-order valence-corrected chi connectivity index (χ1v) is 9.33. The van der Waals surface area contributed by atoms with E-state index in [1.807, 2.05) is 0 Å². The number of anilines is 1. The predicted molar refractivity (Wildman–Crippen MR) is 102 cm³/mol. The van der Waals surface area contributed by atoms with Crippen LogP contribution in [0.4, 0.5) is 5.13 Å². The molecule has 26 heavy (non-hydrogen) atoms. The molecular formula is C19H19N5OS. The molecule has 2 N–H and O–H groups in total. The molecule has 1 aliphatic heterocycles. The van der Waals surface area contributed by atoms with E-state index in [1.54, 1.807) is 12.3 Å². The number of hydrogen-bond donors (Lipinski definition) is 2. The number of nitrogens with one attached hydrogen (secondary N) is 2. The van der Waals surface area contributed by atoms with Crippen LogP contribution >= 0.6 is 11.3 Å². The predicted octanol–water partition coefficient (Wildman–Crippen LogP) is 3.11. The summed E-state index contributed by atoms with van der Waals surface area (Å²) in [5, 5.41) is 15.8. The summed E-state index contributed by atoms with van der Waals surface area (Å²) in [5.41, 5.74) is 5.98. The lowest BCUT2D eigenvalue weighted by Gasteiger charge is -2.18. The molecule has 0 radical (unpaired) electrons. The second-order valence-corrected chi connectivity index (χ2v) is 7.43. The third kappa shape index (κ3) is 3.36. The molecule has 0 saturated heterocycles. The summed E-state index contributed by atoms with van der Waals surface area (Å²) < 4.78 is 0. The molecule has 0 bridgehead atoms. The van der Waals surface area contributed by atoms with Gasteiger partial charge in [0.2, 0.25) is 5.13 Å². The van der Waals surface area contributed by atoms with E-state index >= 15 is 0 Å². The van der Waals surface area contributed by atoms with Gasteiger partial charge in [-0.05, 0) is 32.0 Å². The highest BCUT2D eigenvalue weighted by molar-refractivity contribution is 7.18. The van der Waals surface area contributed by atoms with Gasteiger partial charge in [-0.2, -0.15) is 0 Å². The molecule has 132 valence electrons. The minimum absolute atomic E-state index is 0.171. The summed E-state index contributed by atoms with van der Waals surface area (Å²) in [7, 11) is 0. The van der Waals surface area contributed by atoms with Gasteiger partial charge in [0, 0.05) is 48.1 Å². The van der Waals surface area contributed by atoms with Gasteiger partial charge in [0.15, 0.2) is 0 Å². The van der Waals surface area contributed by atoms with Crippen LogP contribution in [-0.2, 0) is 13.0 Å². The second kappa shape index (κ2) is 6.93. The Morgan fingerprint density at radius 2 is 2.00 bits per heavy atom. The third-order valence-corrected chi connectivity index (χ3v) is 5.23. The monoisotopic (exact) mass is 365 g/mol. The first-order chi connectivity index (χ1) is 12.6. The Morgan fingerprint density at radius 3 is 2.81 bits per heavy atom. The zero-order valence-corrected chi connectivity index (χ0v) is 15.5. The van der Waals surface area contributed by atoms with Crippen LogP contribution in [0.25, 0.3) is 10.6 Å². The molecule has 6 nitrogen and oxygen atoms in total. The number of nitrogens with zero attached hydrogens (tertiary/aromatic N) is 3. The molecule has 3 heterocycles. The fourth-order valence-corrected chi connectivity index (χ4v) is 3.96. The Bertz CT molecular complexity index is 962. The molecule has 0 spiro atoms. The van der Waals surface area contributed by atoms with E-state index in [0.29, 0.717) is 17.2 Å². The molecule has 1 aromatic carbocycles. The van der Waals surface area contributed by atoms with Crippen molar-refractivity contribution in [3.8, 4) is 10.6 Å². The molecule has 0 unspecified atom stereocenters. The molecule has 3 aromatic rings. The molecule has 1 amide bonds. The zero-order valence-electron chi connectivity index (χ0n) is 14.7. The van der Waals surface area contributed by atoms with Crippen LogP contribution in [0.1, 0.15) is 32.7 Å². The number of benzene rings is 1. The van der Waals surface area contributed by atoms with Crippen LogP contribution in [0, 0.1) is 13.8 Å². The van der Waals surface area contributed by atoms with Gasteiger partial charge in [0.1, 0.15) is 5.01 Å². The Balaban J connectivity index is 1.57. The molecule has 0 saturated carbocycles. The largest absolute Gasteiger partial charge is 0.312 e. The fraction of sp³-hybridized carbons (Fsp3) is 0.263. The highest BCUT2D eigenvalue weighted by Crippen LogP contribution is 2.28. The molecule has 4 rings (SSSR count). The van der Waals surface area contributed by atoms with Gasteiger partial charge >= 0.3 is 0 Å². The lowest BCUT2D eigenvalue weighted by Crippen LogP contribution is -2.27. The topological polar surface area (TPSA) is 79.8 Å². The average molecular weight is 365 g/mol. The Hall–Kier alpha value is -2.64. The van der Waals surface area contributed by atoms with E-state index in [4.69, 9.17) is 0 Å².